The van der Waals surface area contributed by atoms with Crippen LogP contribution < -0.4 is 15.6 Å². The molecule has 1 N–H and O–H groups in total. The Balaban J connectivity index is 2.24. The summed E-state index contributed by atoms with van der Waals surface area (Å²) in [7, 11) is 1.55. The number of amides is 2. The molecule has 0 radical (unpaired) electrons. The molecule has 0 saturated heterocycles. The van der Waals surface area contributed by atoms with Crippen molar-refractivity contribution in [2.45, 2.75) is 6.92 Å². The SMILES string of the molecule is COc1ccc2oc(=Nc3cccc(Cl)c3)c(C(=O)NC(C)=O)cc2c1. The molecule has 0 unspecified atom stereocenters. The van der Waals surface area contributed by atoms with Crippen LogP contribution in [0, 0.1) is 0 Å². The Morgan fingerprint density at radius 2 is 1.96 bits per heavy atom. The standard InChI is InChI=1S/C19H15ClN2O4/c1-11(23)21-18(24)16-9-12-8-15(25-2)6-7-17(12)26-19(16)22-14-5-3-4-13(20)10-14/h3-10H,1-2H3,(H,21,23,24). The van der Waals surface area contributed by atoms with Crippen molar-refractivity contribution in [3.8, 4) is 5.75 Å². The molecule has 7 heteroatoms. The number of ether oxygens (including phenoxy) is 1. The minimum absolute atomic E-state index is 0.0729. The highest BCUT2D eigenvalue weighted by atomic mass is 35.5. The molecule has 3 rings (SSSR count). The van der Waals surface area contributed by atoms with E-state index in [4.69, 9.17) is 20.8 Å². The third-order valence-electron chi connectivity index (χ3n) is 3.53. The van der Waals surface area contributed by atoms with Gasteiger partial charge in [-0.2, -0.15) is 0 Å². The van der Waals surface area contributed by atoms with Gasteiger partial charge in [0.1, 0.15) is 16.9 Å². The highest BCUT2D eigenvalue weighted by Crippen LogP contribution is 2.21. The van der Waals surface area contributed by atoms with E-state index in [9.17, 15) is 9.59 Å². The van der Waals surface area contributed by atoms with Crippen molar-refractivity contribution in [3.63, 3.8) is 0 Å². The molecule has 1 aromatic heterocycles. The molecule has 0 aliphatic heterocycles. The fourth-order valence-electron chi connectivity index (χ4n) is 2.37. The molecule has 0 fully saturated rings. The summed E-state index contributed by atoms with van der Waals surface area (Å²) in [5.41, 5.74) is 1.24. The average Bonchev–Trinajstić information content (AvgIpc) is 2.60. The van der Waals surface area contributed by atoms with Crippen LogP contribution in [0.1, 0.15) is 17.3 Å². The minimum Gasteiger partial charge on any atom is -0.497 e. The van der Waals surface area contributed by atoms with E-state index in [0.29, 0.717) is 27.4 Å². The minimum atomic E-state index is -0.605. The van der Waals surface area contributed by atoms with E-state index < -0.39 is 11.8 Å². The fourth-order valence-corrected chi connectivity index (χ4v) is 2.56. The Bertz CT molecular complexity index is 1070. The first kappa shape index (κ1) is 17.7. The highest BCUT2D eigenvalue weighted by Gasteiger charge is 2.14. The van der Waals surface area contributed by atoms with E-state index in [0.717, 1.165) is 0 Å². The Labute approximate surface area is 154 Å². The van der Waals surface area contributed by atoms with Crippen LogP contribution in [0.2, 0.25) is 5.02 Å². The van der Waals surface area contributed by atoms with Gasteiger partial charge in [0.25, 0.3) is 5.91 Å². The van der Waals surface area contributed by atoms with Crippen molar-refractivity contribution >= 4 is 40.1 Å². The van der Waals surface area contributed by atoms with Crippen molar-refractivity contribution in [1.82, 2.24) is 5.32 Å². The third-order valence-corrected chi connectivity index (χ3v) is 3.76. The van der Waals surface area contributed by atoms with Crippen LogP contribution in [0.15, 0.2) is 57.9 Å². The van der Waals surface area contributed by atoms with Crippen LogP contribution in [-0.4, -0.2) is 18.9 Å². The van der Waals surface area contributed by atoms with Gasteiger partial charge in [0.2, 0.25) is 11.5 Å². The van der Waals surface area contributed by atoms with E-state index in [-0.39, 0.29) is 11.1 Å². The van der Waals surface area contributed by atoms with Gasteiger partial charge < -0.3 is 9.15 Å². The molecule has 132 valence electrons. The molecule has 3 aromatic rings. The maximum Gasteiger partial charge on any atom is 0.263 e. The lowest BCUT2D eigenvalue weighted by Crippen LogP contribution is -2.32. The predicted molar refractivity (Wildman–Crippen MR) is 97.6 cm³/mol. The van der Waals surface area contributed by atoms with Gasteiger partial charge >= 0.3 is 0 Å². The first-order valence-corrected chi connectivity index (χ1v) is 8.08. The van der Waals surface area contributed by atoms with Crippen molar-refractivity contribution in [3.05, 3.63) is 64.7 Å². The maximum atomic E-state index is 12.4. The molecular weight excluding hydrogens is 356 g/mol. The molecule has 2 aromatic carbocycles. The molecule has 0 spiro atoms. The molecule has 0 atom stereocenters. The Morgan fingerprint density at radius 1 is 1.15 bits per heavy atom. The number of hydrogen-bond donors (Lipinski definition) is 1. The number of hydrogen-bond acceptors (Lipinski definition) is 5. The maximum absolute atomic E-state index is 12.4. The van der Waals surface area contributed by atoms with E-state index in [1.165, 1.54) is 6.92 Å². The Kier molecular flexibility index (Phi) is 5.04. The van der Waals surface area contributed by atoms with Crippen LogP contribution in [0.25, 0.3) is 11.0 Å². The monoisotopic (exact) mass is 370 g/mol. The van der Waals surface area contributed by atoms with Crippen molar-refractivity contribution < 1.29 is 18.7 Å². The van der Waals surface area contributed by atoms with E-state index in [1.54, 1.807) is 55.6 Å². The molecule has 26 heavy (non-hydrogen) atoms. The lowest BCUT2D eigenvalue weighted by Gasteiger charge is -2.06. The topological polar surface area (TPSA) is 80.9 Å². The quantitative estimate of drug-likeness (QED) is 0.763. The zero-order valence-corrected chi connectivity index (χ0v) is 14.8. The molecule has 0 aliphatic rings. The average molecular weight is 371 g/mol. The van der Waals surface area contributed by atoms with Crippen molar-refractivity contribution in [2.24, 2.45) is 4.99 Å². The highest BCUT2D eigenvalue weighted by molar-refractivity contribution is 6.30. The molecule has 0 saturated carbocycles. The number of methoxy groups -OCH3 is 1. The van der Waals surface area contributed by atoms with Gasteiger partial charge in [-0.3, -0.25) is 14.9 Å². The van der Waals surface area contributed by atoms with Gasteiger partial charge in [-0.25, -0.2) is 4.99 Å². The van der Waals surface area contributed by atoms with E-state index >= 15 is 0 Å². The molecule has 0 bridgehead atoms. The van der Waals surface area contributed by atoms with Crippen molar-refractivity contribution in [2.75, 3.05) is 7.11 Å². The van der Waals surface area contributed by atoms with Gasteiger partial charge in [-0.1, -0.05) is 17.7 Å². The summed E-state index contributed by atoms with van der Waals surface area (Å²) in [6.45, 7) is 1.26. The number of nitrogens with zero attached hydrogens (tertiary/aromatic N) is 1. The summed E-state index contributed by atoms with van der Waals surface area (Å²) < 4.78 is 11.0. The smallest absolute Gasteiger partial charge is 0.263 e. The van der Waals surface area contributed by atoms with Gasteiger partial charge in [-0.05, 0) is 42.5 Å². The molecule has 0 aliphatic carbocycles. The Hall–Kier alpha value is -3.12. The number of rotatable bonds is 3. The zero-order chi connectivity index (χ0) is 18.7. The first-order chi connectivity index (χ1) is 12.5. The van der Waals surface area contributed by atoms with Gasteiger partial charge in [0, 0.05) is 17.3 Å². The summed E-state index contributed by atoms with van der Waals surface area (Å²) in [6.07, 6.45) is 0. The second kappa shape index (κ2) is 7.41. The van der Waals surface area contributed by atoms with Gasteiger partial charge in [0.15, 0.2) is 0 Å². The first-order valence-electron chi connectivity index (χ1n) is 7.70. The number of halogens is 1. The van der Waals surface area contributed by atoms with Crippen LogP contribution in [0.5, 0.6) is 5.75 Å². The largest absolute Gasteiger partial charge is 0.497 e. The lowest BCUT2D eigenvalue weighted by atomic mass is 10.1. The van der Waals surface area contributed by atoms with Crippen LogP contribution in [0.4, 0.5) is 5.69 Å². The summed E-state index contributed by atoms with van der Waals surface area (Å²) in [5, 5.41) is 3.38. The predicted octanol–water partition coefficient (Wildman–Crippen LogP) is 3.60. The van der Waals surface area contributed by atoms with Gasteiger partial charge in [-0.15, -0.1) is 0 Å². The normalized spacial score (nSPS) is 11.4. The second-order valence-corrected chi connectivity index (χ2v) is 5.91. The zero-order valence-electron chi connectivity index (χ0n) is 14.1. The van der Waals surface area contributed by atoms with E-state index in [1.807, 2.05) is 0 Å². The summed E-state index contributed by atoms with van der Waals surface area (Å²) >= 11 is 5.98. The number of carbonyl (C=O) groups excluding carboxylic acids is 2. The second-order valence-electron chi connectivity index (χ2n) is 5.47. The fraction of sp³-hybridized carbons (Fsp3) is 0.105. The third kappa shape index (κ3) is 3.92. The molecule has 6 nitrogen and oxygen atoms in total. The van der Waals surface area contributed by atoms with Crippen LogP contribution in [-0.2, 0) is 4.79 Å². The number of nitrogens with one attached hydrogen (secondary N) is 1. The molecule has 2 amide bonds. The van der Waals surface area contributed by atoms with Crippen molar-refractivity contribution in [1.29, 1.82) is 0 Å². The summed E-state index contributed by atoms with van der Waals surface area (Å²) in [4.78, 5) is 28.1. The number of imide groups is 1. The van der Waals surface area contributed by atoms with Crippen LogP contribution >= 0.6 is 11.6 Å². The van der Waals surface area contributed by atoms with Crippen LogP contribution in [0.3, 0.4) is 0 Å². The Morgan fingerprint density at radius 3 is 2.65 bits per heavy atom. The summed E-state index contributed by atoms with van der Waals surface area (Å²) in [6, 6.07) is 13.6. The van der Waals surface area contributed by atoms with E-state index in [2.05, 4.69) is 10.3 Å². The van der Waals surface area contributed by atoms with Gasteiger partial charge in [0.05, 0.1) is 12.8 Å². The lowest BCUT2D eigenvalue weighted by molar-refractivity contribution is -0.118. The number of carbonyl (C=O) groups is 2. The molecule has 1 heterocycles. The summed E-state index contributed by atoms with van der Waals surface area (Å²) in [5.74, 6) is -0.466. The number of benzene rings is 2. The molecular formula is C19H15ClN2O4. The number of fused-ring (bicyclic) bond motifs is 1.